The lowest BCUT2D eigenvalue weighted by Gasteiger charge is -2.05. The van der Waals surface area contributed by atoms with E-state index in [1.807, 2.05) is 13.8 Å². The molecule has 1 aromatic carbocycles. The van der Waals surface area contributed by atoms with Gasteiger partial charge in [0, 0.05) is 11.6 Å². The Labute approximate surface area is 147 Å². The van der Waals surface area contributed by atoms with Crippen molar-refractivity contribution in [1.29, 1.82) is 0 Å². The van der Waals surface area contributed by atoms with Gasteiger partial charge in [-0.15, -0.1) is 15.3 Å². The Morgan fingerprint density at radius 2 is 1.96 bits per heavy atom. The van der Waals surface area contributed by atoms with Gasteiger partial charge in [0.2, 0.25) is 9.97 Å². The number of benzene rings is 1. The molecule has 3 aromatic rings. The normalized spacial score (nSPS) is 11.0. The lowest BCUT2D eigenvalue weighted by atomic mass is 10.2. The van der Waals surface area contributed by atoms with Crippen LogP contribution in [0.4, 0.5) is 5.69 Å². The lowest BCUT2D eigenvalue weighted by molar-refractivity contribution is 0.0526. The summed E-state index contributed by atoms with van der Waals surface area (Å²) in [5.41, 5.74) is 0.994. The van der Waals surface area contributed by atoms with Gasteiger partial charge in [0.15, 0.2) is 5.82 Å². The summed E-state index contributed by atoms with van der Waals surface area (Å²) in [5.74, 6) is 0.136. The molecule has 0 radical (unpaired) electrons. The number of carbonyl (C=O) groups is 2. The molecule has 0 bridgehead atoms. The summed E-state index contributed by atoms with van der Waals surface area (Å²) in [4.78, 5) is 24.6. The highest BCUT2D eigenvalue weighted by Crippen LogP contribution is 2.20. The number of fused-ring (bicyclic) bond motifs is 1. The zero-order chi connectivity index (χ0) is 18.0. The number of amides is 1. The molecule has 2 aromatic heterocycles. The third-order valence-electron chi connectivity index (χ3n) is 3.38. The second-order valence-corrected chi connectivity index (χ2v) is 6.52. The number of aromatic nitrogens is 4. The van der Waals surface area contributed by atoms with Crippen molar-refractivity contribution >= 4 is 33.9 Å². The van der Waals surface area contributed by atoms with Crippen LogP contribution < -0.4 is 5.32 Å². The summed E-state index contributed by atoms with van der Waals surface area (Å²) >= 11 is 1.17. The van der Waals surface area contributed by atoms with E-state index in [-0.39, 0.29) is 11.8 Å². The number of nitrogens with zero attached hydrogens (tertiary/aromatic N) is 4. The van der Waals surface area contributed by atoms with Crippen molar-refractivity contribution in [3.05, 3.63) is 40.7 Å². The average molecular weight is 359 g/mol. The highest BCUT2D eigenvalue weighted by Gasteiger charge is 2.18. The molecule has 2 heterocycles. The molecule has 1 N–H and O–H groups in total. The molecule has 25 heavy (non-hydrogen) atoms. The quantitative estimate of drug-likeness (QED) is 0.703. The minimum Gasteiger partial charge on any atom is -0.462 e. The Balaban J connectivity index is 1.75. The van der Waals surface area contributed by atoms with E-state index in [1.165, 1.54) is 11.3 Å². The van der Waals surface area contributed by atoms with E-state index in [2.05, 4.69) is 20.6 Å². The van der Waals surface area contributed by atoms with Crippen LogP contribution in [0.3, 0.4) is 0 Å². The zero-order valence-corrected chi connectivity index (χ0v) is 14.8. The van der Waals surface area contributed by atoms with E-state index in [1.54, 1.807) is 35.7 Å². The van der Waals surface area contributed by atoms with Gasteiger partial charge in [-0.2, -0.15) is 4.52 Å². The van der Waals surface area contributed by atoms with Crippen molar-refractivity contribution in [2.45, 2.75) is 26.7 Å². The van der Waals surface area contributed by atoms with Gasteiger partial charge >= 0.3 is 5.97 Å². The number of ether oxygens (including phenoxy) is 1. The highest BCUT2D eigenvalue weighted by atomic mass is 32.1. The van der Waals surface area contributed by atoms with Crippen molar-refractivity contribution in [2.75, 3.05) is 11.9 Å². The summed E-state index contributed by atoms with van der Waals surface area (Å²) in [5, 5.41) is 15.4. The summed E-state index contributed by atoms with van der Waals surface area (Å²) in [7, 11) is 0. The molecule has 9 heteroatoms. The minimum absolute atomic E-state index is 0.156. The maximum Gasteiger partial charge on any atom is 0.338 e. The number of hydrogen-bond acceptors (Lipinski definition) is 7. The second kappa shape index (κ2) is 6.98. The molecule has 0 aliphatic rings. The fraction of sp³-hybridized carbons (Fsp3) is 0.312. The van der Waals surface area contributed by atoms with Crippen LogP contribution in [0.5, 0.6) is 0 Å². The molecule has 0 fully saturated rings. The van der Waals surface area contributed by atoms with Gasteiger partial charge in [0.1, 0.15) is 0 Å². The summed E-state index contributed by atoms with van der Waals surface area (Å²) in [6, 6.07) is 6.49. The third kappa shape index (κ3) is 3.50. The standard InChI is InChI=1S/C16H17N5O3S/c1-4-24-15(23)10-5-7-11(8-6-10)17-13(22)14-20-21-12(9(2)3)18-19-16(21)25-14/h5-9H,4H2,1-3H3,(H,17,22). The smallest absolute Gasteiger partial charge is 0.338 e. The number of nitrogens with one attached hydrogen (secondary N) is 1. The van der Waals surface area contributed by atoms with E-state index in [0.717, 1.165) is 0 Å². The van der Waals surface area contributed by atoms with Crippen LogP contribution in [-0.4, -0.2) is 38.3 Å². The molecule has 130 valence electrons. The van der Waals surface area contributed by atoms with E-state index in [4.69, 9.17) is 4.74 Å². The van der Waals surface area contributed by atoms with Crippen LogP contribution >= 0.6 is 11.3 Å². The van der Waals surface area contributed by atoms with Crippen molar-refractivity contribution in [3.8, 4) is 0 Å². The lowest BCUT2D eigenvalue weighted by Crippen LogP contribution is -2.13. The Kier molecular flexibility index (Phi) is 4.75. The van der Waals surface area contributed by atoms with Gasteiger partial charge in [-0.05, 0) is 31.2 Å². The number of esters is 1. The minimum atomic E-state index is -0.393. The monoisotopic (exact) mass is 359 g/mol. The van der Waals surface area contributed by atoms with Gasteiger partial charge < -0.3 is 10.1 Å². The predicted octanol–water partition coefficient (Wildman–Crippen LogP) is 2.74. The molecule has 0 aliphatic carbocycles. The average Bonchev–Trinajstić information content (AvgIpc) is 3.15. The third-order valence-corrected chi connectivity index (χ3v) is 4.28. The largest absolute Gasteiger partial charge is 0.462 e. The van der Waals surface area contributed by atoms with Crippen molar-refractivity contribution in [1.82, 2.24) is 19.8 Å². The van der Waals surface area contributed by atoms with Crippen LogP contribution in [0.2, 0.25) is 0 Å². The maximum absolute atomic E-state index is 12.4. The van der Waals surface area contributed by atoms with Crippen molar-refractivity contribution < 1.29 is 14.3 Å². The summed E-state index contributed by atoms with van der Waals surface area (Å²) in [6.07, 6.45) is 0. The topological polar surface area (TPSA) is 98.5 Å². The fourth-order valence-corrected chi connectivity index (χ4v) is 2.91. The van der Waals surface area contributed by atoms with Crippen molar-refractivity contribution in [3.63, 3.8) is 0 Å². The first kappa shape index (κ1) is 17.0. The first-order valence-corrected chi connectivity index (χ1v) is 8.62. The van der Waals surface area contributed by atoms with Gasteiger partial charge in [0.05, 0.1) is 12.2 Å². The first-order valence-electron chi connectivity index (χ1n) is 7.80. The first-order chi connectivity index (χ1) is 12.0. The van der Waals surface area contributed by atoms with E-state index in [0.29, 0.717) is 33.7 Å². The number of anilines is 1. The highest BCUT2D eigenvalue weighted by molar-refractivity contribution is 7.18. The van der Waals surface area contributed by atoms with E-state index < -0.39 is 5.97 Å². The number of carbonyl (C=O) groups excluding carboxylic acids is 2. The molecule has 8 nitrogen and oxygen atoms in total. The van der Waals surface area contributed by atoms with Gasteiger partial charge in [-0.3, -0.25) is 4.79 Å². The summed E-state index contributed by atoms with van der Waals surface area (Å²) < 4.78 is 6.51. The SMILES string of the molecule is CCOC(=O)c1ccc(NC(=O)c2nn3c(C(C)C)nnc3s2)cc1. The van der Waals surface area contributed by atoms with Crippen LogP contribution in [0.25, 0.3) is 4.96 Å². The summed E-state index contributed by atoms with van der Waals surface area (Å²) in [6.45, 7) is 6.04. The van der Waals surface area contributed by atoms with Gasteiger partial charge in [-0.25, -0.2) is 4.79 Å². The van der Waals surface area contributed by atoms with E-state index in [9.17, 15) is 9.59 Å². The van der Waals surface area contributed by atoms with Crippen molar-refractivity contribution in [2.24, 2.45) is 0 Å². The maximum atomic E-state index is 12.4. The number of rotatable bonds is 5. The molecule has 1 amide bonds. The Morgan fingerprint density at radius 3 is 2.60 bits per heavy atom. The molecule has 3 rings (SSSR count). The fourth-order valence-electron chi connectivity index (χ4n) is 2.17. The Hall–Kier alpha value is -2.81. The van der Waals surface area contributed by atoms with Crippen LogP contribution in [0.1, 0.15) is 52.7 Å². The van der Waals surface area contributed by atoms with Crippen LogP contribution in [-0.2, 0) is 4.74 Å². The van der Waals surface area contributed by atoms with E-state index >= 15 is 0 Å². The van der Waals surface area contributed by atoms with Gasteiger partial charge in [-0.1, -0.05) is 25.2 Å². The number of hydrogen-bond donors (Lipinski definition) is 1. The predicted molar refractivity (Wildman–Crippen MR) is 93.1 cm³/mol. The molecular formula is C16H17N5O3S. The molecule has 0 unspecified atom stereocenters. The van der Waals surface area contributed by atoms with Crippen LogP contribution in [0.15, 0.2) is 24.3 Å². The van der Waals surface area contributed by atoms with Crippen LogP contribution in [0, 0.1) is 0 Å². The second-order valence-electron chi connectivity index (χ2n) is 5.57. The van der Waals surface area contributed by atoms with Gasteiger partial charge in [0.25, 0.3) is 5.91 Å². The molecular weight excluding hydrogens is 342 g/mol. The zero-order valence-electron chi connectivity index (χ0n) is 14.0. The molecule has 0 aliphatic heterocycles. The molecule has 0 saturated carbocycles. The molecule has 0 spiro atoms. The Morgan fingerprint density at radius 1 is 1.24 bits per heavy atom. The molecule has 0 saturated heterocycles. The Bertz CT molecular complexity index is 914. The molecule has 0 atom stereocenters.